The maximum atomic E-state index is 8.42. The zero-order chi connectivity index (χ0) is 12.3. The predicted molar refractivity (Wildman–Crippen MR) is 63.6 cm³/mol. The lowest BCUT2D eigenvalue weighted by molar-refractivity contribution is -0.696. The van der Waals surface area contributed by atoms with Crippen LogP contribution < -0.4 is 4.57 Å². The van der Waals surface area contributed by atoms with Gasteiger partial charge in [0.1, 0.15) is 12.4 Å². The first-order valence-corrected chi connectivity index (χ1v) is 6.15. The van der Waals surface area contributed by atoms with E-state index in [1.54, 1.807) is 0 Å². The first kappa shape index (κ1) is 13.3. The second-order valence-electron chi connectivity index (χ2n) is 4.12. The summed E-state index contributed by atoms with van der Waals surface area (Å²) in [6.07, 6.45) is 11.6. The molecule has 0 aromatic carbocycles. The van der Waals surface area contributed by atoms with E-state index in [9.17, 15) is 0 Å². The Morgan fingerprint density at radius 2 is 1.71 bits per heavy atom. The van der Waals surface area contributed by atoms with Crippen LogP contribution in [0.5, 0.6) is 0 Å². The van der Waals surface area contributed by atoms with Crippen molar-refractivity contribution < 1.29 is 4.57 Å². The molecule has 0 atom stereocenters. The molecule has 0 aliphatic heterocycles. The molecule has 17 heavy (non-hydrogen) atoms. The van der Waals surface area contributed by atoms with E-state index in [-0.39, 0.29) is 0 Å². The van der Waals surface area contributed by atoms with Crippen LogP contribution in [0.25, 0.3) is 0 Å². The molecule has 90 valence electrons. The Morgan fingerprint density at radius 3 is 2.41 bits per heavy atom. The van der Waals surface area contributed by atoms with Crippen molar-refractivity contribution in [1.29, 1.82) is 10.5 Å². The van der Waals surface area contributed by atoms with Crippen molar-refractivity contribution in [3.8, 4) is 12.1 Å². The number of imidazole rings is 1. The average Bonchev–Trinajstić information content (AvgIpc) is 2.78. The van der Waals surface area contributed by atoms with Gasteiger partial charge in [0.25, 0.3) is 0 Å². The van der Waals surface area contributed by atoms with Crippen LogP contribution in [0, 0.1) is 22.7 Å². The molecule has 0 saturated heterocycles. The Labute approximate surface area is 103 Å². The van der Waals surface area contributed by atoms with Crippen molar-refractivity contribution in [3.63, 3.8) is 0 Å². The third-order valence-corrected chi connectivity index (χ3v) is 2.66. The van der Waals surface area contributed by atoms with Gasteiger partial charge in [-0.2, -0.15) is 10.5 Å². The molecule has 1 aromatic rings. The van der Waals surface area contributed by atoms with E-state index in [0.717, 1.165) is 38.8 Å². The van der Waals surface area contributed by atoms with E-state index in [2.05, 4.69) is 40.0 Å². The van der Waals surface area contributed by atoms with Crippen LogP contribution in [-0.2, 0) is 13.1 Å². The molecular formula is C13H19N4+. The molecule has 0 unspecified atom stereocenters. The normalized spacial score (nSPS) is 9.76. The Kier molecular flexibility index (Phi) is 6.51. The first-order chi connectivity index (χ1) is 8.36. The van der Waals surface area contributed by atoms with Crippen LogP contribution >= 0.6 is 0 Å². The Balaban J connectivity index is 2.19. The molecule has 0 radical (unpaired) electrons. The summed E-state index contributed by atoms with van der Waals surface area (Å²) in [6.45, 7) is 1.96. The highest BCUT2D eigenvalue weighted by atomic mass is 15.1. The fourth-order valence-electron chi connectivity index (χ4n) is 1.70. The van der Waals surface area contributed by atoms with Gasteiger partial charge in [-0.05, 0) is 25.7 Å². The van der Waals surface area contributed by atoms with Gasteiger partial charge in [-0.15, -0.1) is 0 Å². The molecule has 0 spiro atoms. The fraction of sp³-hybridized carbons (Fsp3) is 0.615. The molecule has 1 heterocycles. The number of rotatable bonds is 8. The van der Waals surface area contributed by atoms with E-state index in [4.69, 9.17) is 10.5 Å². The summed E-state index contributed by atoms with van der Waals surface area (Å²) < 4.78 is 4.31. The van der Waals surface area contributed by atoms with Crippen molar-refractivity contribution in [2.24, 2.45) is 0 Å². The zero-order valence-electron chi connectivity index (χ0n) is 10.2. The summed E-state index contributed by atoms with van der Waals surface area (Å²) in [4.78, 5) is 0. The number of aromatic nitrogens is 2. The number of nitrogens with zero attached hydrogens (tertiary/aromatic N) is 4. The summed E-state index contributed by atoms with van der Waals surface area (Å²) >= 11 is 0. The van der Waals surface area contributed by atoms with E-state index in [1.807, 2.05) is 0 Å². The third-order valence-electron chi connectivity index (χ3n) is 2.66. The summed E-state index contributed by atoms with van der Waals surface area (Å²) in [5, 5.41) is 16.8. The summed E-state index contributed by atoms with van der Waals surface area (Å²) in [6, 6.07) is 4.32. The van der Waals surface area contributed by atoms with Crippen molar-refractivity contribution >= 4 is 0 Å². The molecule has 0 amide bonds. The molecule has 1 aromatic heterocycles. The van der Waals surface area contributed by atoms with Gasteiger partial charge in [0, 0.05) is 12.8 Å². The molecule has 0 bridgehead atoms. The SMILES string of the molecule is N#CCCCCn1cc[n+](CCCCC#N)c1. The molecule has 0 saturated carbocycles. The second kappa shape index (κ2) is 8.35. The Morgan fingerprint density at radius 1 is 1.00 bits per heavy atom. The van der Waals surface area contributed by atoms with Crippen LogP contribution in [0.1, 0.15) is 38.5 Å². The first-order valence-electron chi connectivity index (χ1n) is 6.15. The predicted octanol–water partition coefficient (Wildman–Crippen LogP) is 2.16. The maximum absolute atomic E-state index is 8.42. The van der Waals surface area contributed by atoms with E-state index >= 15 is 0 Å². The highest BCUT2D eigenvalue weighted by Gasteiger charge is 2.02. The highest BCUT2D eigenvalue weighted by molar-refractivity contribution is 4.70. The average molecular weight is 231 g/mol. The molecule has 4 heteroatoms. The third kappa shape index (κ3) is 5.73. The van der Waals surface area contributed by atoms with Gasteiger partial charge in [0.15, 0.2) is 0 Å². The van der Waals surface area contributed by atoms with Crippen molar-refractivity contribution in [3.05, 3.63) is 18.7 Å². The zero-order valence-corrected chi connectivity index (χ0v) is 10.2. The van der Waals surface area contributed by atoms with Crippen LogP contribution in [0.4, 0.5) is 0 Å². The van der Waals surface area contributed by atoms with Crippen LogP contribution in [0.3, 0.4) is 0 Å². The lowest BCUT2D eigenvalue weighted by Crippen LogP contribution is -2.30. The van der Waals surface area contributed by atoms with Gasteiger partial charge in [-0.1, -0.05) is 0 Å². The Hall–Kier alpha value is -1.81. The largest absolute Gasteiger partial charge is 0.243 e. The smallest absolute Gasteiger partial charge is 0.237 e. The fourth-order valence-corrected chi connectivity index (χ4v) is 1.70. The van der Waals surface area contributed by atoms with Gasteiger partial charge < -0.3 is 0 Å². The van der Waals surface area contributed by atoms with Crippen molar-refractivity contribution in [1.82, 2.24) is 4.57 Å². The minimum atomic E-state index is 0.648. The van der Waals surface area contributed by atoms with E-state index < -0.39 is 0 Å². The molecular weight excluding hydrogens is 212 g/mol. The van der Waals surface area contributed by atoms with Crippen LogP contribution in [0.15, 0.2) is 18.7 Å². The summed E-state index contributed by atoms with van der Waals surface area (Å²) in [5.74, 6) is 0. The quantitative estimate of drug-likeness (QED) is 0.508. The number of unbranched alkanes of at least 4 members (excludes halogenated alkanes) is 4. The minimum absolute atomic E-state index is 0.648. The standard InChI is InChI=1S/C13H19N4/c14-7-3-1-5-9-16-11-12-17(13-16)10-6-2-4-8-15/h11-13H,1-6,9-10H2/q+1. The van der Waals surface area contributed by atoms with E-state index in [1.165, 1.54) is 0 Å². The molecule has 0 N–H and O–H groups in total. The number of hydrogen-bond donors (Lipinski definition) is 0. The van der Waals surface area contributed by atoms with Crippen molar-refractivity contribution in [2.45, 2.75) is 51.6 Å². The van der Waals surface area contributed by atoms with Gasteiger partial charge in [-0.3, -0.25) is 0 Å². The van der Waals surface area contributed by atoms with Crippen molar-refractivity contribution in [2.75, 3.05) is 0 Å². The lowest BCUT2D eigenvalue weighted by Gasteiger charge is -1.95. The second-order valence-corrected chi connectivity index (χ2v) is 4.12. The minimum Gasteiger partial charge on any atom is -0.237 e. The van der Waals surface area contributed by atoms with Crippen LogP contribution in [0.2, 0.25) is 0 Å². The maximum Gasteiger partial charge on any atom is 0.243 e. The van der Waals surface area contributed by atoms with Gasteiger partial charge in [0.05, 0.1) is 25.2 Å². The number of aryl methyl sites for hydroxylation is 2. The molecule has 1 rings (SSSR count). The summed E-state index contributed by atoms with van der Waals surface area (Å²) in [5.41, 5.74) is 0. The van der Waals surface area contributed by atoms with Gasteiger partial charge in [-0.25, -0.2) is 9.13 Å². The van der Waals surface area contributed by atoms with E-state index in [0.29, 0.717) is 12.8 Å². The molecule has 0 aliphatic rings. The number of nitriles is 2. The molecule has 4 nitrogen and oxygen atoms in total. The molecule has 0 fully saturated rings. The highest BCUT2D eigenvalue weighted by Crippen LogP contribution is 1.98. The van der Waals surface area contributed by atoms with Gasteiger partial charge >= 0.3 is 0 Å². The van der Waals surface area contributed by atoms with Gasteiger partial charge in [0.2, 0.25) is 6.33 Å². The lowest BCUT2D eigenvalue weighted by atomic mass is 10.2. The Bertz CT molecular complexity index is 358. The monoisotopic (exact) mass is 231 g/mol. The van der Waals surface area contributed by atoms with Crippen LogP contribution in [-0.4, -0.2) is 4.57 Å². The molecule has 0 aliphatic carbocycles. The summed E-state index contributed by atoms with van der Waals surface area (Å²) in [7, 11) is 0. The number of hydrogen-bond acceptors (Lipinski definition) is 2. The topological polar surface area (TPSA) is 56.4 Å².